The second kappa shape index (κ2) is 16.6. The van der Waals surface area contributed by atoms with Crippen LogP contribution < -0.4 is 24.8 Å². The number of ether oxygens (including phenoxy) is 3. The van der Waals surface area contributed by atoms with Crippen LogP contribution >= 0.6 is 11.3 Å². The zero-order valence-electron chi connectivity index (χ0n) is 33.3. The molecule has 15 nitrogen and oxygen atoms in total. The molecule has 7 rings (SSSR count). The van der Waals surface area contributed by atoms with E-state index in [4.69, 9.17) is 24.2 Å². The lowest BCUT2D eigenvalue weighted by Crippen LogP contribution is -2.60. The number of nitrogens with one attached hydrogen (secondary N) is 3. The summed E-state index contributed by atoms with van der Waals surface area (Å²) in [5, 5.41) is 7.49. The lowest BCUT2D eigenvalue weighted by atomic mass is 9.85. The SMILES string of the molecule is C=C[C@@H]1CC1(NC(=O)[C@@H]1C[C@@H](Oc2nc3ccccc3nc2-c2cccs2)CN1C(=O)[C@@H](NC(=O)OC1CCCC1)C(C)(C)C)C(=O)NS(=O)(=O)c1ccc(OC)cc1. The van der Waals surface area contributed by atoms with Crippen molar-refractivity contribution >= 4 is 56.2 Å². The molecule has 1 aliphatic heterocycles. The van der Waals surface area contributed by atoms with Gasteiger partial charge in [-0.05, 0) is 85.4 Å². The standard InChI is InChI=1S/C42H48N6O9S2/c1-6-25-23-42(25,39(51)47-59(53,54)29-19-17-26(55-5)18-20-29)46-36(49)32-22-28(56-37-34(33-16-11-21-58-33)43-30-14-9-10-15-31(30)44-37)24-48(32)38(50)35(41(2,3)4)45-40(52)57-27-12-7-8-13-27/h6,9-11,14-21,25,27-28,32,35H,1,7-8,12-13,22-24H2,2-5H3,(H,45,52)(H,46,49)(H,47,51)/t25-,28-,32+,35-,42?/m1/s1. The lowest BCUT2D eigenvalue weighted by Gasteiger charge is -2.35. The highest BCUT2D eigenvalue weighted by Gasteiger charge is 2.61. The number of benzene rings is 2. The zero-order chi connectivity index (χ0) is 42.1. The normalized spacial score (nSPS) is 22.3. The van der Waals surface area contributed by atoms with Gasteiger partial charge in [0.15, 0.2) is 0 Å². The van der Waals surface area contributed by atoms with Crippen LogP contribution in [0.2, 0.25) is 0 Å². The van der Waals surface area contributed by atoms with Gasteiger partial charge in [-0.25, -0.2) is 27.9 Å². The molecule has 3 fully saturated rings. The van der Waals surface area contributed by atoms with Crippen molar-refractivity contribution in [3.63, 3.8) is 0 Å². The summed E-state index contributed by atoms with van der Waals surface area (Å²) in [6, 6.07) is 14.3. The molecular formula is C42H48N6O9S2. The fourth-order valence-electron chi connectivity index (χ4n) is 7.66. The van der Waals surface area contributed by atoms with E-state index in [-0.39, 0.29) is 36.3 Å². The number of alkyl carbamates (subject to hydrolysis) is 1. The number of fused-ring (bicyclic) bond motifs is 1. The van der Waals surface area contributed by atoms with Crippen molar-refractivity contribution in [1.82, 2.24) is 30.2 Å². The number of hydrogen-bond acceptors (Lipinski definition) is 12. The zero-order valence-corrected chi connectivity index (χ0v) is 34.9. The summed E-state index contributed by atoms with van der Waals surface area (Å²) in [4.78, 5) is 68.0. The van der Waals surface area contributed by atoms with Gasteiger partial charge in [0, 0.05) is 12.3 Å². The van der Waals surface area contributed by atoms with Gasteiger partial charge in [0.25, 0.3) is 15.9 Å². The first-order valence-electron chi connectivity index (χ1n) is 19.5. The molecule has 1 unspecified atom stereocenters. The van der Waals surface area contributed by atoms with Gasteiger partial charge in [0.1, 0.15) is 41.3 Å². The number of para-hydroxylation sites is 2. The smallest absolute Gasteiger partial charge is 0.408 e. The van der Waals surface area contributed by atoms with Gasteiger partial charge < -0.3 is 29.7 Å². The minimum Gasteiger partial charge on any atom is -0.497 e. The molecule has 2 aromatic carbocycles. The maximum Gasteiger partial charge on any atom is 0.408 e. The van der Waals surface area contributed by atoms with E-state index in [1.165, 1.54) is 53.7 Å². The third kappa shape index (κ3) is 8.90. The molecule has 312 valence electrons. The Balaban J connectivity index is 1.18. The Hall–Kier alpha value is -5.55. The molecule has 17 heteroatoms. The molecule has 2 aliphatic carbocycles. The summed E-state index contributed by atoms with van der Waals surface area (Å²) in [6.45, 7) is 9.10. The van der Waals surface area contributed by atoms with Crippen molar-refractivity contribution in [2.24, 2.45) is 11.3 Å². The van der Waals surface area contributed by atoms with Crippen molar-refractivity contribution in [3.8, 4) is 22.2 Å². The molecule has 0 spiro atoms. The maximum absolute atomic E-state index is 14.7. The minimum atomic E-state index is -4.36. The Kier molecular flexibility index (Phi) is 11.7. The minimum absolute atomic E-state index is 0.0278. The van der Waals surface area contributed by atoms with Crippen molar-refractivity contribution < 1.29 is 41.8 Å². The van der Waals surface area contributed by atoms with Gasteiger partial charge in [-0.3, -0.25) is 14.4 Å². The van der Waals surface area contributed by atoms with Crippen LogP contribution in [0.15, 0.2) is 83.6 Å². The molecular weight excluding hydrogens is 797 g/mol. The first kappa shape index (κ1) is 41.6. The van der Waals surface area contributed by atoms with Crippen LogP contribution in [-0.4, -0.2) is 90.6 Å². The van der Waals surface area contributed by atoms with Crippen molar-refractivity contribution in [2.45, 2.75) is 94.0 Å². The molecule has 4 aromatic rings. The fourth-order valence-corrected chi connectivity index (χ4v) is 9.40. The van der Waals surface area contributed by atoms with E-state index in [0.717, 1.165) is 30.6 Å². The van der Waals surface area contributed by atoms with Crippen molar-refractivity contribution in [2.75, 3.05) is 13.7 Å². The van der Waals surface area contributed by atoms with Crippen LogP contribution in [0.25, 0.3) is 21.6 Å². The lowest BCUT2D eigenvalue weighted by molar-refractivity contribution is -0.143. The van der Waals surface area contributed by atoms with Gasteiger partial charge in [-0.1, -0.05) is 45.0 Å². The summed E-state index contributed by atoms with van der Waals surface area (Å²) in [6.07, 6.45) is 3.12. The number of sulfonamides is 1. The summed E-state index contributed by atoms with van der Waals surface area (Å²) >= 11 is 1.46. The number of carbonyl (C=O) groups excluding carboxylic acids is 4. The maximum atomic E-state index is 14.7. The van der Waals surface area contributed by atoms with E-state index in [2.05, 4.69) is 21.9 Å². The highest BCUT2D eigenvalue weighted by molar-refractivity contribution is 7.90. The van der Waals surface area contributed by atoms with E-state index in [0.29, 0.717) is 22.5 Å². The molecule has 3 aliphatic rings. The number of methoxy groups -OCH3 is 1. The topological polar surface area (TPSA) is 195 Å². The Morgan fingerprint density at radius 3 is 2.29 bits per heavy atom. The molecule has 0 radical (unpaired) electrons. The average Bonchev–Trinajstić information content (AvgIpc) is 3.69. The van der Waals surface area contributed by atoms with Crippen molar-refractivity contribution in [3.05, 3.63) is 78.7 Å². The van der Waals surface area contributed by atoms with Gasteiger partial charge in [-0.15, -0.1) is 17.9 Å². The molecule has 3 N–H and O–H groups in total. The Morgan fingerprint density at radius 2 is 1.68 bits per heavy atom. The number of rotatable bonds is 13. The van der Waals surface area contributed by atoms with Gasteiger partial charge in [-0.2, -0.15) is 0 Å². The predicted octanol–water partition coefficient (Wildman–Crippen LogP) is 5.36. The first-order valence-corrected chi connectivity index (χ1v) is 21.9. The number of carbonyl (C=O) groups is 4. The van der Waals surface area contributed by atoms with E-state index in [1.807, 2.05) is 41.8 Å². The molecule has 0 bridgehead atoms. The molecule has 59 heavy (non-hydrogen) atoms. The van der Waals surface area contributed by atoms with E-state index >= 15 is 0 Å². The number of likely N-dealkylation sites (tertiary alicyclic amines) is 1. The highest BCUT2D eigenvalue weighted by Crippen LogP contribution is 2.45. The Morgan fingerprint density at radius 1 is 0.983 bits per heavy atom. The first-order chi connectivity index (χ1) is 28.1. The van der Waals surface area contributed by atoms with Crippen LogP contribution in [0.4, 0.5) is 4.79 Å². The van der Waals surface area contributed by atoms with Crippen LogP contribution in [0.3, 0.4) is 0 Å². The number of thiophene rings is 1. The van der Waals surface area contributed by atoms with Crippen LogP contribution in [0.5, 0.6) is 11.6 Å². The quantitative estimate of drug-likeness (QED) is 0.147. The van der Waals surface area contributed by atoms with E-state index < -0.39 is 68.9 Å². The monoisotopic (exact) mass is 844 g/mol. The molecule has 4 amide bonds. The number of aromatic nitrogens is 2. The molecule has 5 atom stereocenters. The highest BCUT2D eigenvalue weighted by atomic mass is 32.2. The second-order valence-electron chi connectivity index (χ2n) is 16.2. The van der Waals surface area contributed by atoms with E-state index in [1.54, 1.807) is 20.8 Å². The summed E-state index contributed by atoms with van der Waals surface area (Å²) in [7, 11) is -2.91. The Bertz CT molecular complexity index is 2340. The van der Waals surface area contributed by atoms with Gasteiger partial charge in [0.2, 0.25) is 17.7 Å². The van der Waals surface area contributed by atoms with Gasteiger partial charge in [0.05, 0.1) is 34.5 Å². The fraction of sp³-hybridized carbons (Fsp3) is 0.429. The van der Waals surface area contributed by atoms with Crippen LogP contribution in [0, 0.1) is 11.3 Å². The third-order valence-electron chi connectivity index (χ3n) is 11.0. The summed E-state index contributed by atoms with van der Waals surface area (Å²) < 4.78 is 46.1. The van der Waals surface area contributed by atoms with Crippen LogP contribution in [0.1, 0.15) is 59.3 Å². The second-order valence-corrected chi connectivity index (χ2v) is 18.8. The molecule has 2 saturated carbocycles. The third-order valence-corrected chi connectivity index (χ3v) is 13.2. The summed E-state index contributed by atoms with van der Waals surface area (Å²) in [5.74, 6) is -2.20. The summed E-state index contributed by atoms with van der Waals surface area (Å²) in [5.41, 5.74) is -0.763. The number of hydrogen-bond donors (Lipinski definition) is 3. The predicted molar refractivity (Wildman–Crippen MR) is 220 cm³/mol. The molecule has 2 aromatic heterocycles. The molecule has 1 saturated heterocycles. The van der Waals surface area contributed by atoms with Crippen molar-refractivity contribution in [1.29, 1.82) is 0 Å². The van der Waals surface area contributed by atoms with Gasteiger partial charge >= 0.3 is 6.09 Å². The number of amides is 4. The average molecular weight is 845 g/mol. The molecule has 3 heterocycles. The number of nitrogens with zero attached hydrogens (tertiary/aromatic N) is 3. The van der Waals surface area contributed by atoms with Crippen LogP contribution in [-0.2, 0) is 29.1 Å². The largest absolute Gasteiger partial charge is 0.497 e. The van der Waals surface area contributed by atoms with E-state index in [9.17, 15) is 27.6 Å². The Labute approximate surface area is 347 Å².